The first-order valence-electron chi connectivity index (χ1n) is 9.78. The molecular weight excluding hydrogens is 376 g/mol. The van der Waals surface area contributed by atoms with E-state index in [4.69, 9.17) is 14.6 Å². The number of aromatic hydroxyl groups is 1. The highest BCUT2D eigenvalue weighted by Crippen LogP contribution is 2.36. The minimum atomic E-state index is 0.0657. The molecule has 152 valence electrons. The second kappa shape index (κ2) is 8.74. The lowest BCUT2D eigenvalue weighted by molar-refractivity contribution is 0.414. The maximum atomic E-state index is 9.65. The van der Waals surface area contributed by atoms with Gasteiger partial charge in [-0.3, -0.25) is 5.01 Å². The molecule has 0 fully saturated rings. The van der Waals surface area contributed by atoms with Gasteiger partial charge in [0.25, 0.3) is 0 Å². The molecule has 0 amide bonds. The van der Waals surface area contributed by atoms with Crippen molar-refractivity contribution in [2.24, 2.45) is 5.10 Å². The Labute approximate surface area is 176 Å². The maximum Gasteiger partial charge on any atom is 0.118 e. The number of hydrazone groups is 1. The van der Waals surface area contributed by atoms with Gasteiger partial charge in [0.05, 0.1) is 31.7 Å². The molecule has 0 aliphatic carbocycles. The monoisotopic (exact) mass is 400 g/mol. The minimum absolute atomic E-state index is 0.0657. The Balaban J connectivity index is 1.61. The van der Waals surface area contributed by atoms with Crippen molar-refractivity contribution in [3.63, 3.8) is 0 Å². The number of phenols is 1. The highest BCUT2D eigenvalue weighted by atomic mass is 16.5. The third-order valence-electron chi connectivity index (χ3n) is 5.13. The first-order chi connectivity index (χ1) is 14.7. The maximum absolute atomic E-state index is 9.65. The van der Waals surface area contributed by atoms with Gasteiger partial charge in [-0.2, -0.15) is 5.10 Å². The predicted molar refractivity (Wildman–Crippen MR) is 120 cm³/mol. The molecule has 0 aromatic heterocycles. The van der Waals surface area contributed by atoms with E-state index in [1.807, 2.05) is 53.5 Å². The number of rotatable bonds is 6. The number of hydrogen-bond donors (Lipinski definition) is 1. The second-order valence-corrected chi connectivity index (χ2v) is 7.05. The Kier molecular flexibility index (Phi) is 5.70. The lowest BCUT2D eigenvalue weighted by Gasteiger charge is -2.24. The van der Waals surface area contributed by atoms with Crippen LogP contribution in [0.1, 0.15) is 23.6 Å². The molecule has 4 rings (SSSR count). The largest absolute Gasteiger partial charge is 0.508 e. The van der Waals surface area contributed by atoms with Gasteiger partial charge in [0, 0.05) is 6.42 Å². The van der Waals surface area contributed by atoms with Crippen LogP contribution >= 0.6 is 0 Å². The van der Waals surface area contributed by atoms with Gasteiger partial charge < -0.3 is 14.6 Å². The number of benzene rings is 3. The summed E-state index contributed by atoms with van der Waals surface area (Å²) in [5.74, 6) is 1.90. The van der Waals surface area contributed by atoms with E-state index in [2.05, 4.69) is 24.3 Å². The zero-order valence-corrected chi connectivity index (χ0v) is 17.0. The van der Waals surface area contributed by atoms with Crippen LogP contribution in [0.25, 0.3) is 6.08 Å². The lowest BCUT2D eigenvalue weighted by atomic mass is 10.0. The molecule has 1 aliphatic heterocycles. The molecule has 0 saturated heterocycles. The molecule has 5 nitrogen and oxygen atoms in total. The van der Waals surface area contributed by atoms with Gasteiger partial charge >= 0.3 is 0 Å². The van der Waals surface area contributed by atoms with Crippen LogP contribution in [0.3, 0.4) is 0 Å². The molecule has 3 aromatic rings. The fraction of sp³-hybridized carbons (Fsp3) is 0.160. The molecule has 1 aliphatic rings. The van der Waals surface area contributed by atoms with E-state index in [9.17, 15) is 5.11 Å². The molecule has 0 radical (unpaired) electrons. The molecule has 0 bridgehead atoms. The van der Waals surface area contributed by atoms with Crippen LogP contribution in [-0.2, 0) is 0 Å². The van der Waals surface area contributed by atoms with Crippen LogP contribution in [-0.4, -0.2) is 25.0 Å². The van der Waals surface area contributed by atoms with Gasteiger partial charge in [0.1, 0.15) is 17.2 Å². The fourth-order valence-corrected chi connectivity index (χ4v) is 3.47. The first kappa shape index (κ1) is 19.6. The van der Waals surface area contributed by atoms with Crippen LogP contribution in [0.5, 0.6) is 17.2 Å². The Hall–Kier alpha value is -3.73. The van der Waals surface area contributed by atoms with E-state index in [0.29, 0.717) is 0 Å². The van der Waals surface area contributed by atoms with Crippen LogP contribution in [0.15, 0.2) is 84.0 Å². The number of ether oxygens (including phenoxy) is 2. The SMILES string of the molecule is COc1ccc(/C=C/C2=NN(c3ccc(O)cc3)C(c3ccc(OC)cc3)C2)cc1. The van der Waals surface area contributed by atoms with Crippen LogP contribution in [0.4, 0.5) is 5.69 Å². The topological polar surface area (TPSA) is 54.3 Å². The first-order valence-corrected chi connectivity index (χ1v) is 9.78. The van der Waals surface area contributed by atoms with Crippen molar-refractivity contribution in [2.75, 3.05) is 19.2 Å². The zero-order chi connectivity index (χ0) is 20.9. The third-order valence-corrected chi connectivity index (χ3v) is 5.13. The molecule has 1 heterocycles. The number of nitrogens with zero attached hydrogens (tertiary/aromatic N) is 2. The molecule has 1 N–H and O–H groups in total. The van der Waals surface area contributed by atoms with Gasteiger partial charge in [-0.1, -0.05) is 30.3 Å². The van der Waals surface area contributed by atoms with E-state index in [1.54, 1.807) is 26.4 Å². The molecule has 0 spiro atoms. The van der Waals surface area contributed by atoms with Gasteiger partial charge in [-0.15, -0.1) is 0 Å². The summed E-state index contributed by atoms with van der Waals surface area (Å²) in [6.07, 6.45) is 4.89. The summed E-state index contributed by atoms with van der Waals surface area (Å²) in [6, 6.07) is 23.2. The highest BCUT2D eigenvalue weighted by Gasteiger charge is 2.28. The van der Waals surface area contributed by atoms with E-state index < -0.39 is 0 Å². The van der Waals surface area contributed by atoms with Gasteiger partial charge in [0.15, 0.2) is 0 Å². The number of hydrogen-bond acceptors (Lipinski definition) is 5. The van der Waals surface area contributed by atoms with Crippen LogP contribution in [0, 0.1) is 0 Å². The smallest absolute Gasteiger partial charge is 0.118 e. The standard InChI is InChI=1S/C25H24N2O3/c1-29-23-13-4-18(5-14-23)3-8-20-17-25(19-6-15-24(30-2)16-7-19)27(26-20)21-9-11-22(28)12-10-21/h3-16,25,28H,17H2,1-2H3/b8-3+. The van der Waals surface area contributed by atoms with Crippen LogP contribution < -0.4 is 14.5 Å². The molecule has 30 heavy (non-hydrogen) atoms. The van der Waals surface area contributed by atoms with Crippen molar-refractivity contribution >= 4 is 17.5 Å². The molecule has 0 saturated carbocycles. The summed E-state index contributed by atoms with van der Waals surface area (Å²) >= 11 is 0. The van der Waals surface area contributed by atoms with E-state index >= 15 is 0 Å². The van der Waals surface area contributed by atoms with Crippen molar-refractivity contribution < 1.29 is 14.6 Å². The molecule has 1 atom stereocenters. The van der Waals surface area contributed by atoms with Crippen molar-refractivity contribution in [2.45, 2.75) is 12.5 Å². The third kappa shape index (κ3) is 4.30. The van der Waals surface area contributed by atoms with Crippen molar-refractivity contribution in [3.8, 4) is 17.2 Å². The van der Waals surface area contributed by atoms with Crippen molar-refractivity contribution in [1.29, 1.82) is 0 Å². The molecule has 1 unspecified atom stereocenters. The predicted octanol–water partition coefficient (Wildman–Crippen LogP) is 5.43. The Morgan fingerprint density at radius 3 is 2.03 bits per heavy atom. The normalized spacial score (nSPS) is 16.0. The van der Waals surface area contributed by atoms with Gasteiger partial charge in [0.2, 0.25) is 0 Å². The van der Waals surface area contributed by atoms with Crippen molar-refractivity contribution in [1.82, 2.24) is 0 Å². The molecule has 5 heteroatoms. The lowest BCUT2D eigenvalue weighted by Crippen LogP contribution is -2.18. The Morgan fingerprint density at radius 2 is 1.43 bits per heavy atom. The number of phenolic OH excluding ortho intramolecular Hbond substituents is 1. The summed E-state index contributed by atoms with van der Waals surface area (Å²) in [5, 5.41) is 16.5. The average Bonchev–Trinajstić information content (AvgIpc) is 3.23. The van der Waals surface area contributed by atoms with E-state index in [-0.39, 0.29) is 11.8 Å². The molecular formula is C25H24N2O3. The summed E-state index contributed by atoms with van der Waals surface area (Å²) < 4.78 is 10.5. The van der Waals surface area contributed by atoms with Gasteiger partial charge in [-0.05, 0) is 65.7 Å². The second-order valence-electron chi connectivity index (χ2n) is 7.05. The molecule has 3 aromatic carbocycles. The summed E-state index contributed by atoms with van der Waals surface area (Å²) in [5.41, 5.74) is 4.16. The van der Waals surface area contributed by atoms with Crippen molar-refractivity contribution in [3.05, 3.63) is 90.0 Å². The zero-order valence-electron chi connectivity index (χ0n) is 17.0. The summed E-state index contributed by atoms with van der Waals surface area (Å²) in [4.78, 5) is 0. The highest BCUT2D eigenvalue weighted by molar-refractivity contribution is 6.01. The average molecular weight is 400 g/mol. The van der Waals surface area contributed by atoms with Crippen LogP contribution in [0.2, 0.25) is 0 Å². The quantitative estimate of drug-likeness (QED) is 0.599. The van der Waals surface area contributed by atoms with Gasteiger partial charge in [-0.25, -0.2) is 0 Å². The number of methoxy groups -OCH3 is 2. The minimum Gasteiger partial charge on any atom is -0.508 e. The van der Waals surface area contributed by atoms with E-state index in [1.165, 1.54) is 0 Å². The van der Waals surface area contributed by atoms with E-state index in [0.717, 1.165) is 40.4 Å². The Bertz CT molecular complexity index is 1040. The summed E-state index contributed by atoms with van der Waals surface area (Å²) in [6.45, 7) is 0. The number of allylic oxidation sites excluding steroid dienone is 1. The summed E-state index contributed by atoms with van der Waals surface area (Å²) in [7, 11) is 3.33. The number of anilines is 1. The Morgan fingerprint density at radius 1 is 0.833 bits per heavy atom. The fourth-order valence-electron chi connectivity index (χ4n) is 3.47.